The molecule has 4 rings (SSSR count). The van der Waals surface area contributed by atoms with Crippen molar-refractivity contribution < 1.29 is 9.53 Å². The van der Waals surface area contributed by atoms with Gasteiger partial charge in [-0.05, 0) is 119 Å². The number of carbonyl (C=O) groups excluding carboxylic acids is 1. The number of hydrogen-bond acceptors (Lipinski definition) is 2. The van der Waals surface area contributed by atoms with Gasteiger partial charge in [0.15, 0.2) is 0 Å². The van der Waals surface area contributed by atoms with Crippen molar-refractivity contribution in [1.82, 2.24) is 0 Å². The van der Waals surface area contributed by atoms with Crippen LogP contribution >= 0.6 is 0 Å². The van der Waals surface area contributed by atoms with E-state index in [0.717, 1.165) is 42.4 Å². The molecule has 0 radical (unpaired) electrons. The molecule has 2 nitrogen and oxygen atoms in total. The number of rotatable bonds is 5. The molecule has 8 atom stereocenters. The molecule has 0 aliphatic heterocycles. The van der Waals surface area contributed by atoms with Gasteiger partial charge in [0.1, 0.15) is 6.10 Å². The largest absolute Gasteiger partial charge is 0.462 e. The van der Waals surface area contributed by atoms with Crippen LogP contribution in [0.3, 0.4) is 0 Å². The van der Waals surface area contributed by atoms with Crippen LogP contribution in [0.15, 0.2) is 22.8 Å². The Balaban J connectivity index is 1.48. The minimum atomic E-state index is -0.118. The van der Waals surface area contributed by atoms with Gasteiger partial charge in [-0.3, -0.25) is 4.79 Å². The average molecular weight is 441 g/mol. The number of esters is 1. The fourth-order valence-corrected chi connectivity index (χ4v) is 8.83. The van der Waals surface area contributed by atoms with E-state index >= 15 is 0 Å². The summed E-state index contributed by atoms with van der Waals surface area (Å²) in [7, 11) is 0. The zero-order chi connectivity index (χ0) is 23.3. The van der Waals surface area contributed by atoms with Crippen molar-refractivity contribution in [2.24, 2.45) is 40.4 Å². The van der Waals surface area contributed by atoms with Crippen LogP contribution in [0, 0.1) is 40.4 Å². The van der Waals surface area contributed by atoms with E-state index in [-0.39, 0.29) is 12.1 Å². The Hall–Kier alpha value is -1.05. The van der Waals surface area contributed by atoms with E-state index in [2.05, 4.69) is 47.6 Å². The quantitative estimate of drug-likeness (QED) is 0.317. The lowest BCUT2D eigenvalue weighted by atomic mass is 9.47. The standard InChI is InChI=1S/C30H48O2/c1-19(2)20(3)8-9-21(4)26-12-13-27-25-11-10-23-18-24(32-22(5)31)14-16-29(23,6)28(25)15-17-30(26,27)7/h10,21,24-28H,8-9,11-18H2,1-7H3. The lowest BCUT2D eigenvalue weighted by Crippen LogP contribution is -2.51. The summed E-state index contributed by atoms with van der Waals surface area (Å²) < 4.78 is 5.62. The van der Waals surface area contributed by atoms with Crippen molar-refractivity contribution in [3.8, 4) is 0 Å². The van der Waals surface area contributed by atoms with Crippen molar-refractivity contribution in [3.05, 3.63) is 22.8 Å². The Morgan fingerprint density at radius 1 is 1.06 bits per heavy atom. The number of fused-ring (bicyclic) bond motifs is 5. The second-order valence-corrected chi connectivity index (χ2v) is 12.8. The van der Waals surface area contributed by atoms with Gasteiger partial charge in [-0.2, -0.15) is 0 Å². The average Bonchev–Trinajstić information content (AvgIpc) is 3.08. The maximum Gasteiger partial charge on any atom is 0.302 e. The van der Waals surface area contributed by atoms with Crippen molar-refractivity contribution in [2.75, 3.05) is 0 Å². The molecule has 0 bridgehead atoms. The Kier molecular flexibility index (Phi) is 6.74. The number of allylic oxidation sites excluding steroid dienone is 3. The molecule has 0 heterocycles. The highest BCUT2D eigenvalue weighted by molar-refractivity contribution is 5.66. The summed E-state index contributed by atoms with van der Waals surface area (Å²) in [6, 6.07) is 0. The van der Waals surface area contributed by atoms with Crippen molar-refractivity contribution in [2.45, 2.75) is 119 Å². The van der Waals surface area contributed by atoms with Gasteiger partial charge in [0.05, 0.1) is 0 Å². The van der Waals surface area contributed by atoms with Crippen molar-refractivity contribution in [1.29, 1.82) is 0 Å². The molecular formula is C30H48O2. The summed E-state index contributed by atoms with van der Waals surface area (Å²) in [5.74, 6) is 4.22. The van der Waals surface area contributed by atoms with Crippen molar-refractivity contribution >= 4 is 5.97 Å². The lowest BCUT2D eigenvalue weighted by Gasteiger charge is -2.58. The minimum absolute atomic E-state index is 0.109. The van der Waals surface area contributed by atoms with Gasteiger partial charge in [-0.1, -0.05) is 43.6 Å². The summed E-state index contributed by atoms with van der Waals surface area (Å²) in [5.41, 5.74) is 5.60. The van der Waals surface area contributed by atoms with E-state index in [4.69, 9.17) is 4.74 Å². The molecule has 0 saturated heterocycles. The van der Waals surface area contributed by atoms with E-state index in [1.165, 1.54) is 56.9 Å². The molecule has 3 saturated carbocycles. The molecule has 0 aromatic rings. The summed E-state index contributed by atoms with van der Waals surface area (Å²) in [6.45, 7) is 16.2. The Morgan fingerprint density at radius 2 is 1.81 bits per heavy atom. The normalized spacial score (nSPS) is 41.6. The maximum absolute atomic E-state index is 11.5. The Morgan fingerprint density at radius 3 is 2.50 bits per heavy atom. The smallest absolute Gasteiger partial charge is 0.302 e. The molecular weight excluding hydrogens is 392 g/mol. The van der Waals surface area contributed by atoms with Gasteiger partial charge < -0.3 is 4.74 Å². The molecule has 3 fully saturated rings. The topological polar surface area (TPSA) is 26.3 Å². The molecule has 0 N–H and O–H groups in total. The molecule has 0 amide bonds. The van der Waals surface area contributed by atoms with Crippen molar-refractivity contribution in [3.63, 3.8) is 0 Å². The first-order valence-corrected chi connectivity index (χ1v) is 13.6. The summed E-state index contributed by atoms with van der Waals surface area (Å²) >= 11 is 0. The summed E-state index contributed by atoms with van der Waals surface area (Å²) in [4.78, 5) is 11.5. The molecule has 0 aromatic heterocycles. The molecule has 2 heteroatoms. The van der Waals surface area contributed by atoms with Gasteiger partial charge in [0, 0.05) is 13.3 Å². The van der Waals surface area contributed by atoms with E-state index in [9.17, 15) is 4.79 Å². The van der Waals surface area contributed by atoms with Gasteiger partial charge in [0.2, 0.25) is 0 Å². The monoisotopic (exact) mass is 440 g/mol. The number of ether oxygens (including phenoxy) is 1. The third-order valence-electron chi connectivity index (χ3n) is 11.0. The second kappa shape index (κ2) is 8.95. The SMILES string of the molecule is CC(=O)OC1CCC2(C)C(=CCC3C2CCC2(C)C(C(C)CCC(C)=C(C)C)CCC32)C1. The van der Waals surface area contributed by atoms with E-state index in [1.54, 1.807) is 18.1 Å². The highest BCUT2D eigenvalue weighted by Gasteiger charge is 2.59. The number of hydrogen-bond donors (Lipinski definition) is 0. The molecule has 8 unspecified atom stereocenters. The van der Waals surface area contributed by atoms with Gasteiger partial charge in [0.25, 0.3) is 0 Å². The minimum Gasteiger partial charge on any atom is -0.462 e. The zero-order valence-electron chi connectivity index (χ0n) is 21.9. The maximum atomic E-state index is 11.5. The van der Waals surface area contributed by atoms with Crippen LogP contribution < -0.4 is 0 Å². The van der Waals surface area contributed by atoms with Gasteiger partial charge in [-0.15, -0.1) is 0 Å². The highest BCUT2D eigenvalue weighted by Crippen LogP contribution is 2.67. The second-order valence-electron chi connectivity index (χ2n) is 12.8. The van der Waals surface area contributed by atoms with Gasteiger partial charge in [-0.25, -0.2) is 0 Å². The Bertz CT molecular complexity index is 787. The third-order valence-corrected chi connectivity index (χ3v) is 11.0. The van der Waals surface area contributed by atoms with Gasteiger partial charge >= 0.3 is 5.97 Å². The summed E-state index contributed by atoms with van der Waals surface area (Å²) in [5, 5.41) is 0. The molecule has 4 aliphatic rings. The highest BCUT2D eigenvalue weighted by atomic mass is 16.5. The van der Waals surface area contributed by atoms with E-state index < -0.39 is 0 Å². The fourth-order valence-electron chi connectivity index (χ4n) is 8.83. The molecule has 0 aromatic carbocycles. The van der Waals surface area contributed by atoms with Crippen LogP contribution in [-0.4, -0.2) is 12.1 Å². The van der Waals surface area contributed by atoms with Crippen LogP contribution in [0.5, 0.6) is 0 Å². The van der Waals surface area contributed by atoms with E-state index in [0.29, 0.717) is 10.8 Å². The summed E-state index contributed by atoms with van der Waals surface area (Å²) in [6.07, 6.45) is 15.5. The number of carbonyl (C=O) groups is 1. The van der Waals surface area contributed by atoms with Crippen LogP contribution in [0.2, 0.25) is 0 Å². The molecule has 0 spiro atoms. The van der Waals surface area contributed by atoms with Crippen LogP contribution in [-0.2, 0) is 9.53 Å². The fraction of sp³-hybridized carbons (Fsp3) is 0.833. The van der Waals surface area contributed by atoms with Crippen LogP contribution in [0.4, 0.5) is 0 Å². The Labute approximate surface area is 197 Å². The molecule has 32 heavy (non-hydrogen) atoms. The predicted molar refractivity (Wildman–Crippen MR) is 133 cm³/mol. The van der Waals surface area contributed by atoms with Crippen LogP contribution in [0.25, 0.3) is 0 Å². The first-order chi connectivity index (χ1) is 15.1. The first kappa shape index (κ1) is 24.1. The van der Waals surface area contributed by atoms with Crippen LogP contribution in [0.1, 0.15) is 113 Å². The predicted octanol–water partition coefficient (Wildman–Crippen LogP) is 8.27. The van der Waals surface area contributed by atoms with E-state index in [1.807, 2.05) is 0 Å². The molecule has 180 valence electrons. The molecule has 4 aliphatic carbocycles. The zero-order valence-corrected chi connectivity index (χ0v) is 21.9. The third kappa shape index (κ3) is 4.14. The lowest BCUT2D eigenvalue weighted by molar-refractivity contribution is -0.148. The first-order valence-electron chi connectivity index (χ1n) is 13.6.